The van der Waals surface area contributed by atoms with E-state index in [1.54, 1.807) is 11.2 Å². The van der Waals surface area contributed by atoms with Crippen LogP contribution in [0.2, 0.25) is 0 Å². The van der Waals surface area contributed by atoms with Gasteiger partial charge in [-0.15, -0.1) is 0 Å². The molecule has 0 aliphatic carbocycles. The molecule has 0 spiro atoms. The van der Waals surface area contributed by atoms with Crippen molar-refractivity contribution in [2.24, 2.45) is 0 Å². The summed E-state index contributed by atoms with van der Waals surface area (Å²) >= 11 is 0. The summed E-state index contributed by atoms with van der Waals surface area (Å²) in [4.78, 5) is 25.1. The van der Waals surface area contributed by atoms with Gasteiger partial charge in [-0.2, -0.15) is 0 Å². The van der Waals surface area contributed by atoms with E-state index in [2.05, 4.69) is 34.8 Å². The van der Waals surface area contributed by atoms with Crippen molar-refractivity contribution in [1.29, 1.82) is 0 Å². The predicted molar refractivity (Wildman–Crippen MR) is 95.4 cm³/mol. The molecule has 1 aromatic heterocycles. The van der Waals surface area contributed by atoms with E-state index in [4.69, 9.17) is 4.74 Å². The Kier molecular flexibility index (Phi) is 6.02. The van der Waals surface area contributed by atoms with E-state index in [1.165, 1.54) is 0 Å². The second-order valence-corrected chi connectivity index (χ2v) is 7.42. The smallest absolute Gasteiger partial charge is 0.410 e. The standard InChI is InChI=1S/C18H30N4O2/c1-6-14(2)15-12-16(20-13-19-15)21-8-7-9-22(11-10-21)17(23)24-18(3,4)5/h12-14H,6-11H2,1-5H3. The van der Waals surface area contributed by atoms with Crippen LogP contribution in [0.3, 0.4) is 0 Å². The molecule has 134 valence electrons. The fraction of sp³-hybridized carbons (Fsp3) is 0.722. The van der Waals surface area contributed by atoms with Crippen LogP contribution in [0, 0.1) is 0 Å². The molecule has 24 heavy (non-hydrogen) atoms. The van der Waals surface area contributed by atoms with Crippen molar-refractivity contribution in [3.63, 3.8) is 0 Å². The molecule has 1 fully saturated rings. The minimum Gasteiger partial charge on any atom is -0.444 e. The molecule has 1 aliphatic rings. The lowest BCUT2D eigenvalue weighted by Crippen LogP contribution is -2.39. The molecule has 1 atom stereocenters. The summed E-state index contributed by atoms with van der Waals surface area (Å²) in [6.07, 6.45) is 3.38. The highest BCUT2D eigenvalue weighted by Crippen LogP contribution is 2.21. The molecular formula is C18H30N4O2. The molecule has 6 nitrogen and oxygen atoms in total. The van der Waals surface area contributed by atoms with Gasteiger partial charge in [-0.05, 0) is 39.5 Å². The van der Waals surface area contributed by atoms with E-state index in [-0.39, 0.29) is 6.09 Å². The maximum Gasteiger partial charge on any atom is 0.410 e. The summed E-state index contributed by atoms with van der Waals surface area (Å²) in [5.41, 5.74) is 0.622. The molecule has 6 heteroatoms. The summed E-state index contributed by atoms with van der Waals surface area (Å²) in [5, 5.41) is 0. The Morgan fingerprint density at radius 2 is 2.00 bits per heavy atom. The normalized spacial score (nSPS) is 17.4. The number of hydrogen-bond acceptors (Lipinski definition) is 5. The summed E-state index contributed by atoms with van der Waals surface area (Å²) in [6, 6.07) is 2.08. The van der Waals surface area contributed by atoms with Crippen LogP contribution in [0.15, 0.2) is 12.4 Å². The molecule has 2 heterocycles. The van der Waals surface area contributed by atoms with Gasteiger partial charge in [0, 0.05) is 37.9 Å². The first kappa shape index (κ1) is 18.5. The fourth-order valence-electron chi connectivity index (χ4n) is 2.67. The lowest BCUT2D eigenvalue weighted by molar-refractivity contribution is 0.0263. The van der Waals surface area contributed by atoms with E-state index in [1.807, 2.05) is 20.8 Å². The third-order valence-corrected chi connectivity index (χ3v) is 4.26. The van der Waals surface area contributed by atoms with Crippen molar-refractivity contribution in [3.05, 3.63) is 18.1 Å². The minimum atomic E-state index is -0.457. The number of anilines is 1. The van der Waals surface area contributed by atoms with Crippen molar-refractivity contribution in [1.82, 2.24) is 14.9 Å². The van der Waals surface area contributed by atoms with E-state index in [0.717, 1.165) is 37.4 Å². The molecule has 0 aromatic carbocycles. The van der Waals surface area contributed by atoms with Crippen LogP contribution in [0.1, 0.15) is 59.1 Å². The zero-order chi connectivity index (χ0) is 17.7. The SMILES string of the molecule is CCC(C)c1cc(N2CCCN(C(=O)OC(C)(C)C)CC2)ncn1. The average Bonchev–Trinajstić information content (AvgIpc) is 2.79. The van der Waals surface area contributed by atoms with Gasteiger partial charge in [-0.25, -0.2) is 14.8 Å². The van der Waals surface area contributed by atoms with E-state index < -0.39 is 5.60 Å². The predicted octanol–water partition coefficient (Wildman–Crippen LogP) is 3.44. The van der Waals surface area contributed by atoms with Crippen molar-refractivity contribution in [2.45, 2.75) is 59.0 Å². The largest absolute Gasteiger partial charge is 0.444 e. The summed E-state index contributed by atoms with van der Waals surface area (Å²) in [6.45, 7) is 13.0. The Bertz CT molecular complexity index is 556. The van der Waals surface area contributed by atoms with Crippen LogP contribution in [-0.4, -0.2) is 52.7 Å². The highest BCUT2D eigenvalue weighted by molar-refractivity contribution is 5.68. The van der Waals surface area contributed by atoms with Crippen molar-refractivity contribution < 1.29 is 9.53 Å². The molecular weight excluding hydrogens is 304 g/mol. The number of carbonyl (C=O) groups is 1. The second kappa shape index (κ2) is 7.81. The van der Waals surface area contributed by atoms with Gasteiger partial charge in [0.25, 0.3) is 0 Å². The van der Waals surface area contributed by atoms with Gasteiger partial charge in [0.05, 0.1) is 0 Å². The van der Waals surface area contributed by atoms with Gasteiger partial charge in [0.2, 0.25) is 0 Å². The molecule has 0 saturated carbocycles. The topological polar surface area (TPSA) is 58.6 Å². The third kappa shape index (κ3) is 5.08. The van der Waals surface area contributed by atoms with Gasteiger partial charge in [0.1, 0.15) is 17.7 Å². The van der Waals surface area contributed by atoms with Crippen LogP contribution in [0.5, 0.6) is 0 Å². The first-order chi connectivity index (χ1) is 11.3. The Balaban J connectivity index is 2.02. The van der Waals surface area contributed by atoms with Gasteiger partial charge < -0.3 is 14.5 Å². The van der Waals surface area contributed by atoms with Crippen molar-refractivity contribution >= 4 is 11.9 Å². The van der Waals surface area contributed by atoms with Crippen molar-refractivity contribution in [3.8, 4) is 0 Å². The zero-order valence-electron chi connectivity index (χ0n) is 15.6. The average molecular weight is 334 g/mol. The van der Waals surface area contributed by atoms with Gasteiger partial charge in [-0.3, -0.25) is 0 Å². The molecule has 1 saturated heterocycles. The summed E-state index contributed by atoms with van der Waals surface area (Å²) in [5.74, 6) is 1.38. The van der Waals surface area contributed by atoms with Crippen LogP contribution >= 0.6 is 0 Å². The van der Waals surface area contributed by atoms with E-state index in [0.29, 0.717) is 19.0 Å². The lowest BCUT2D eigenvalue weighted by atomic mass is 10.1. The Hall–Kier alpha value is -1.85. The van der Waals surface area contributed by atoms with Gasteiger partial charge in [0.15, 0.2) is 0 Å². The Morgan fingerprint density at radius 3 is 2.67 bits per heavy atom. The summed E-state index contributed by atoms with van der Waals surface area (Å²) < 4.78 is 5.48. The first-order valence-corrected chi connectivity index (χ1v) is 8.85. The van der Waals surface area contributed by atoms with Gasteiger partial charge >= 0.3 is 6.09 Å². The van der Waals surface area contributed by atoms with E-state index in [9.17, 15) is 4.79 Å². The number of amides is 1. The molecule has 0 bridgehead atoms. The summed E-state index contributed by atoms with van der Waals surface area (Å²) in [7, 11) is 0. The molecule has 1 unspecified atom stereocenters. The van der Waals surface area contributed by atoms with Gasteiger partial charge in [-0.1, -0.05) is 13.8 Å². The van der Waals surface area contributed by atoms with Crippen molar-refractivity contribution in [2.75, 3.05) is 31.1 Å². The quantitative estimate of drug-likeness (QED) is 0.847. The maximum absolute atomic E-state index is 12.3. The first-order valence-electron chi connectivity index (χ1n) is 8.85. The Labute approximate surface area is 145 Å². The minimum absolute atomic E-state index is 0.229. The third-order valence-electron chi connectivity index (χ3n) is 4.26. The fourth-order valence-corrected chi connectivity index (χ4v) is 2.67. The number of nitrogens with zero attached hydrogens (tertiary/aromatic N) is 4. The Morgan fingerprint density at radius 1 is 1.25 bits per heavy atom. The number of ether oxygens (including phenoxy) is 1. The molecule has 2 rings (SSSR count). The lowest BCUT2D eigenvalue weighted by Gasteiger charge is -2.26. The number of aromatic nitrogens is 2. The molecule has 0 radical (unpaired) electrons. The monoisotopic (exact) mass is 334 g/mol. The molecule has 1 aliphatic heterocycles. The highest BCUT2D eigenvalue weighted by Gasteiger charge is 2.25. The molecule has 1 aromatic rings. The second-order valence-electron chi connectivity index (χ2n) is 7.42. The zero-order valence-corrected chi connectivity index (χ0v) is 15.6. The highest BCUT2D eigenvalue weighted by atomic mass is 16.6. The number of hydrogen-bond donors (Lipinski definition) is 0. The number of rotatable bonds is 3. The molecule has 1 amide bonds. The van der Waals surface area contributed by atoms with Crippen LogP contribution < -0.4 is 4.90 Å². The number of carbonyl (C=O) groups excluding carboxylic acids is 1. The van der Waals surface area contributed by atoms with Crippen LogP contribution in [0.4, 0.5) is 10.6 Å². The van der Waals surface area contributed by atoms with Crippen LogP contribution in [0.25, 0.3) is 0 Å². The van der Waals surface area contributed by atoms with E-state index >= 15 is 0 Å². The van der Waals surface area contributed by atoms with Crippen LogP contribution in [-0.2, 0) is 4.74 Å². The molecule has 0 N–H and O–H groups in total. The maximum atomic E-state index is 12.3.